The van der Waals surface area contributed by atoms with Crippen LogP contribution in [0.1, 0.15) is 5.56 Å². The van der Waals surface area contributed by atoms with Crippen molar-refractivity contribution >= 4 is 112 Å². The van der Waals surface area contributed by atoms with Gasteiger partial charge in [-0.1, -0.05) is 267 Å². The standard InChI is InChI=1S/C80H46N4S2/c1-82-72-70(53-30-16-6-17-31-53)67(48-81)73(71(54-32-18-7-19-33-54)76(72)83-68-46-55(49-22-8-2-9-23-49)38-40-59(68)60-41-39-56(47-69(60)83)50-24-10-3-11-25-50)84-74-61(42-44-65-63-36-20-34-57(77(63)85-79(65)74)51-26-12-4-13-27-51)62-43-45-66-64-37-21-35-58(52-28-14-5-15-29-52)78(64)86-80(66)75(62)84/h2-47H. The van der Waals surface area contributed by atoms with E-state index in [1.165, 1.54) is 31.3 Å². The number of hydrogen-bond acceptors (Lipinski definition) is 3. The molecule has 0 amide bonds. The third-order valence-electron chi connectivity index (χ3n) is 17.4. The van der Waals surface area contributed by atoms with Gasteiger partial charge in [-0.05, 0) is 67.8 Å². The van der Waals surface area contributed by atoms with E-state index in [9.17, 15) is 11.8 Å². The van der Waals surface area contributed by atoms with Crippen LogP contribution in [0.3, 0.4) is 0 Å². The van der Waals surface area contributed by atoms with E-state index in [1.807, 2.05) is 40.9 Å². The molecule has 17 aromatic rings. The van der Waals surface area contributed by atoms with Gasteiger partial charge in [-0.15, -0.1) is 22.7 Å². The van der Waals surface area contributed by atoms with Crippen LogP contribution in [-0.2, 0) is 0 Å². The first-order valence-corrected chi connectivity index (χ1v) is 30.5. The van der Waals surface area contributed by atoms with Gasteiger partial charge in [0, 0.05) is 63.6 Å². The van der Waals surface area contributed by atoms with Gasteiger partial charge in [0.2, 0.25) is 5.69 Å². The Balaban J connectivity index is 1.14. The Labute approximate surface area is 503 Å². The highest BCUT2D eigenvalue weighted by Gasteiger charge is 2.33. The predicted octanol–water partition coefficient (Wildman–Crippen LogP) is 23.0. The van der Waals surface area contributed by atoms with Crippen LogP contribution < -0.4 is 0 Å². The summed E-state index contributed by atoms with van der Waals surface area (Å²) in [7, 11) is 0. The minimum Gasteiger partial charge on any atom is -0.318 e. The summed E-state index contributed by atoms with van der Waals surface area (Å²) in [6, 6.07) is 102. The molecule has 13 aromatic carbocycles. The Bertz CT molecular complexity index is 5420. The van der Waals surface area contributed by atoms with Gasteiger partial charge in [0.1, 0.15) is 6.07 Å². The third kappa shape index (κ3) is 7.45. The highest BCUT2D eigenvalue weighted by molar-refractivity contribution is 7.28. The Kier molecular flexibility index (Phi) is 11.4. The van der Waals surface area contributed by atoms with Crippen molar-refractivity contribution < 1.29 is 0 Å². The lowest BCUT2D eigenvalue weighted by Crippen LogP contribution is -2.09. The average molecular weight is 1130 g/mol. The third-order valence-corrected chi connectivity index (χ3v) is 19.9. The van der Waals surface area contributed by atoms with Crippen molar-refractivity contribution in [3.63, 3.8) is 0 Å². The van der Waals surface area contributed by atoms with Gasteiger partial charge < -0.3 is 9.13 Å². The second-order valence-electron chi connectivity index (χ2n) is 22.0. The fraction of sp³-hybridized carbons (Fsp3) is 0. The van der Waals surface area contributed by atoms with E-state index in [0.717, 1.165) is 120 Å². The number of benzene rings is 13. The zero-order valence-corrected chi connectivity index (χ0v) is 47.8. The summed E-state index contributed by atoms with van der Waals surface area (Å²) in [5.41, 5.74) is 18.2. The molecule has 0 N–H and O–H groups in total. The highest BCUT2D eigenvalue weighted by Crippen LogP contribution is 2.56. The summed E-state index contributed by atoms with van der Waals surface area (Å²) in [4.78, 5) is 4.73. The van der Waals surface area contributed by atoms with E-state index >= 15 is 0 Å². The van der Waals surface area contributed by atoms with Gasteiger partial charge >= 0.3 is 0 Å². The number of nitrogens with zero attached hydrogens (tertiary/aromatic N) is 4. The van der Waals surface area contributed by atoms with Crippen molar-refractivity contribution in [2.75, 3.05) is 0 Å². The Morgan fingerprint density at radius 1 is 0.314 bits per heavy atom. The summed E-state index contributed by atoms with van der Waals surface area (Å²) in [6.45, 7) is 9.71. The van der Waals surface area contributed by atoms with Gasteiger partial charge in [0.05, 0.1) is 55.0 Å². The van der Waals surface area contributed by atoms with E-state index in [0.29, 0.717) is 22.5 Å². The van der Waals surface area contributed by atoms with E-state index in [4.69, 9.17) is 4.85 Å². The average Bonchev–Trinajstić information content (AvgIpc) is 1.50. The van der Waals surface area contributed by atoms with Gasteiger partial charge in [0.15, 0.2) is 0 Å². The molecule has 17 rings (SSSR count). The number of aromatic nitrogens is 2. The van der Waals surface area contributed by atoms with Gasteiger partial charge in [0.25, 0.3) is 0 Å². The molecule has 398 valence electrons. The van der Waals surface area contributed by atoms with Crippen LogP contribution in [0.15, 0.2) is 279 Å². The molecule has 0 saturated heterocycles. The number of fused-ring (bicyclic) bond motifs is 14. The molecule has 0 fully saturated rings. The van der Waals surface area contributed by atoms with Crippen molar-refractivity contribution in [3.05, 3.63) is 296 Å². The first-order chi connectivity index (χ1) is 42.6. The van der Waals surface area contributed by atoms with Gasteiger partial charge in [-0.25, -0.2) is 4.85 Å². The van der Waals surface area contributed by atoms with Crippen LogP contribution in [0.2, 0.25) is 0 Å². The van der Waals surface area contributed by atoms with Gasteiger partial charge in [-0.2, -0.15) is 5.26 Å². The quantitative estimate of drug-likeness (QED) is 0.140. The molecule has 0 aliphatic heterocycles. The second kappa shape index (κ2) is 19.8. The lowest BCUT2D eigenvalue weighted by molar-refractivity contribution is 1.14. The maximum atomic E-state index is 12.6. The van der Waals surface area contributed by atoms with Crippen molar-refractivity contribution in [1.29, 1.82) is 5.26 Å². The Morgan fingerprint density at radius 3 is 1.10 bits per heavy atom. The maximum absolute atomic E-state index is 12.6. The van der Waals surface area contributed by atoms with Crippen LogP contribution in [0.4, 0.5) is 5.69 Å². The lowest BCUT2D eigenvalue weighted by Gasteiger charge is -2.26. The zero-order valence-electron chi connectivity index (χ0n) is 46.2. The summed E-state index contributed by atoms with van der Waals surface area (Å²) < 4.78 is 9.48. The summed E-state index contributed by atoms with van der Waals surface area (Å²) in [5.74, 6) is 0. The molecule has 0 saturated carbocycles. The van der Waals surface area contributed by atoms with Crippen LogP contribution in [0.5, 0.6) is 0 Å². The molecular formula is C80H46N4S2. The topological polar surface area (TPSA) is 38.0 Å². The number of rotatable bonds is 8. The lowest BCUT2D eigenvalue weighted by atomic mass is 9.88. The molecular weight excluding hydrogens is 1080 g/mol. The van der Waals surface area contributed by atoms with Crippen molar-refractivity contribution in [2.45, 2.75) is 0 Å². The normalized spacial score (nSPS) is 11.7. The zero-order chi connectivity index (χ0) is 57.0. The van der Waals surface area contributed by atoms with Gasteiger partial charge in [-0.3, -0.25) is 0 Å². The van der Waals surface area contributed by atoms with Crippen LogP contribution in [0.25, 0.3) is 167 Å². The summed E-state index contributed by atoms with van der Waals surface area (Å²) in [5, 5.41) is 21.5. The number of nitriles is 1. The maximum Gasteiger partial charge on any atom is 0.220 e. The summed E-state index contributed by atoms with van der Waals surface area (Å²) in [6.07, 6.45) is 0. The first kappa shape index (κ1) is 49.5. The molecule has 0 bridgehead atoms. The molecule has 0 atom stereocenters. The van der Waals surface area contributed by atoms with E-state index in [1.54, 1.807) is 0 Å². The van der Waals surface area contributed by atoms with Crippen molar-refractivity contribution in [1.82, 2.24) is 9.13 Å². The van der Waals surface area contributed by atoms with Crippen LogP contribution in [0, 0.1) is 17.9 Å². The number of hydrogen-bond donors (Lipinski definition) is 0. The first-order valence-electron chi connectivity index (χ1n) is 28.8. The molecule has 0 aliphatic rings. The smallest absolute Gasteiger partial charge is 0.220 e. The minimum absolute atomic E-state index is 0.393. The Morgan fingerprint density at radius 2 is 0.686 bits per heavy atom. The molecule has 86 heavy (non-hydrogen) atoms. The molecule has 6 heteroatoms. The van der Waals surface area contributed by atoms with E-state index in [2.05, 4.69) is 276 Å². The predicted molar refractivity (Wildman–Crippen MR) is 364 cm³/mol. The Hall–Kier alpha value is -11.1. The molecule has 4 nitrogen and oxygen atoms in total. The van der Waals surface area contributed by atoms with E-state index < -0.39 is 0 Å². The molecule has 0 radical (unpaired) electrons. The van der Waals surface area contributed by atoms with Crippen LogP contribution >= 0.6 is 22.7 Å². The molecule has 0 unspecified atom stereocenters. The largest absolute Gasteiger partial charge is 0.318 e. The second-order valence-corrected chi connectivity index (χ2v) is 24.0. The minimum atomic E-state index is 0.393. The molecule has 4 heterocycles. The van der Waals surface area contributed by atoms with Crippen molar-refractivity contribution in [3.8, 4) is 84.2 Å². The summed E-state index contributed by atoms with van der Waals surface area (Å²) >= 11 is 3.64. The fourth-order valence-corrected chi connectivity index (χ4v) is 16.4. The van der Waals surface area contributed by atoms with E-state index in [-0.39, 0.29) is 0 Å². The van der Waals surface area contributed by atoms with Crippen LogP contribution in [-0.4, -0.2) is 9.13 Å². The molecule has 0 spiro atoms. The van der Waals surface area contributed by atoms with Crippen molar-refractivity contribution in [2.24, 2.45) is 0 Å². The monoisotopic (exact) mass is 1130 g/mol. The molecule has 0 aliphatic carbocycles. The molecule has 4 aromatic heterocycles. The fourth-order valence-electron chi connectivity index (χ4n) is 13.6. The SMILES string of the molecule is [C-]#[N+]c1c(-c2ccccc2)c(C#N)c(-n2c3c(ccc4c5cccc(-c6ccccc6)c5sc43)c3ccc4c5cccc(-c6ccccc6)c5sc4c32)c(-c2ccccc2)c1-n1c2cc(-c3ccccc3)ccc2c2ccc(-c3ccccc3)cc21. The number of thiophene rings is 2. The highest BCUT2D eigenvalue weighted by atomic mass is 32.1.